The molecule has 3 rings (SSSR count). The van der Waals surface area contributed by atoms with E-state index in [4.69, 9.17) is 9.26 Å². The van der Waals surface area contributed by atoms with Gasteiger partial charge in [-0.2, -0.15) is 0 Å². The van der Waals surface area contributed by atoms with Crippen molar-refractivity contribution < 1.29 is 9.26 Å². The van der Waals surface area contributed by atoms with Gasteiger partial charge in [-0.1, -0.05) is 5.16 Å². The van der Waals surface area contributed by atoms with Crippen LogP contribution in [0.5, 0.6) is 0 Å². The van der Waals surface area contributed by atoms with Crippen molar-refractivity contribution >= 4 is 11.0 Å². The van der Waals surface area contributed by atoms with Crippen LogP contribution in [-0.2, 0) is 18.4 Å². The predicted octanol–water partition coefficient (Wildman–Crippen LogP) is 1.77. The van der Waals surface area contributed by atoms with Gasteiger partial charge in [-0.3, -0.25) is 4.98 Å². The molecule has 3 heterocycles. The van der Waals surface area contributed by atoms with Crippen LogP contribution in [0, 0.1) is 0 Å². The van der Waals surface area contributed by atoms with E-state index >= 15 is 0 Å². The maximum absolute atomic E-state index is 5.09. The van der Waals surface area contributed by atoms with E-state index in [1.54, 1.807) is 25.8 Å². The van der Waals surface area contributed by atoms with E-state index < -0.39 is 0 Å². The number of pyridine rings is 1. The van der Waals surface area contributed by atoms with Crippen LogP contribution in [0.25, 0.3) is 22.4 Å². The minimum atomic E-state index is 0.396. The molecule has 0 amide bonds. The highest BCUT2D eigenvalue weighted by molar-refractivity contribution is 5.79. The van der Waals surface area contributed by atoms with Crippen molar-refractivity contribution in [2.75, 3.05) is 7.11 Å². The van der Waals surface area contributed by atoms with Gasteiger partial charge in [0.25, 0.3) is 0 Å². The molecular formula is C12H12N4O2. The van der Waals surface area contributed by atoms with Crippen LogP contribution in [0.1, 0.15) is 5.69 Å². The summed E-state index contributed by atoms with van der Waals surface area (Å²) in [6.45, 7) is 0.396. The Morgan fingerprint density at radius 1 is 1.44 bits per heavy atom. The SMILES string of the molecule is COCc1nocc1-c1nc2ccncc2n1C. The summed E-state index contributed by atoms with van der Waals surface area (Å²) < 4.78 is 12.1. The largest absolute Gasteiger partial charge is 0.378 e. The number of fused-ring (bicyclic) bond motifs is 1. The second kappa shape index (κ2) is 4.23. The molecule has 0 saturated heterocycles. The zero-order chi connectivity index (χ0) is 12.5. The van der Waals surface area contributed by atoms with Gasteiger partial charge >= 0.3 is 0 Å². The molecule has 0 fully saturated rings. The predicted molar refractivity (Wildman–Crippen MR) is 64.7 cm³/mol. The van der Waals surface area contributed by atoms with Gasteiger partial charge < -0.3 is 13.8 Å². The standard InChI is InChI=1S/C12H12N4O2/c1-16-11-5-13-4-3-9(11)14-12(16)8-6-18-15-10(8)7-17-2/h3-6H,7H2,1-2H3. The summed E-state index contributed by atoms with van der Waals surface area (Å²) in [7, 11) is 3.56. The molecular weight excluding hydrogens is 232 g/mol. The molecule has 6 nitrogen and oxygen atoms in total. The van der Waals surface area contributed by atoms with Gasteiger partial charge in [-0.05, 0) is 6.07 Å². The Hall–Kier alpha value is -2.21. The van der Waals surface area contributed by atoms with Gasteiger partial charge in [0.05, 0.1) is 29.4 Å². The Labute approximate surface area is 103 Å². The molecule has 6 heteroatoms. The molecule has 0 bridgehead atoms. The third-order valence-electron chi connectivity index (χ3n) is 2.85. The Morgan fingerprint density at radius 3 is 3.11 bits per heavy atom. The van der Waals surface area contributed by atoms with Crippen LogP contribution >= 0.6 is 0 Å². The van der Waals surface area contributed by atoms with Crippen LogP contribution in [0.3, 0.4) is 0 Å². The highest BCUT2D eigenvalue weighted by atomic mass is 16.5. The molecule has 18 heavy (non-hydrogen) atoms. The topological polar surface area (TPSA) is 66.0 Å². The third-order valence-corrected chi connectivity index (χ3v) is 2.85. The first kappa shape index (κ1) is 10.9. The summed E-state index contributed by atoms with van der Waals surface area (Å²) in [5, 5.41) is 3.92. The second-order valence-electron chi connectivity index (χ2n) is 3.97. The van der Waals surface area contributed by atoms with E-state index in [-0.39, 0.29) is 0 Å². The van der Waals surface area contributed by atoms with Gasteiger partial charge in [0.1, 0.15) is 17.8 Å². The number of methoxy groups -OCH3 is 1. The van der Waals surface area contributed by atoms with E-state index in [1.165, 1.54) is 0 Å². The summed E-state index contributed by atoms with van der Waals surface area (Å²) >= 11 is 0. The fraction of sp³-hybridized carbons (Fsp3) is 0.250. The van der Waals surface area contributed by atoms with Crippen molar-refractivity contribution in [3.8, 4) is 11.4 Å². The van der Waals surface area contributed by atoms with Crippen molar-refractivity contribution in [3.05, 3.63) is 30.4 Å². The maximum atomic E-state index is 5.09. The fourth-order valence-corrected chi connectivity index (χ4v) is 1.96. The summed E-state index contributed by atoms with van der Waals surface area (Å²) in [5.74, 6) is 0.798. The second-order valence-corrected chi connectivity index (χ2v) is 3.97. The van der Waals surface area contributed by atoms with Gasteiger partial charge in [-0.25, -0.2) is 4.98 Å². The van der Waals surface area contributed by atoms with Crippen LogP contribution in [0.15, 0.2) is 29.2 Å². The minimum Gasteiger partial charge on any atom is -0.378 e. The van der Waals surface area contributed by atoms with Crippen LogP contribution in [0.2, 0.25) is 0 Å². The lowest BCUT2D eigenvalue weighted by Crippen LogP contribution is -1.96. The van der Waals surface area contributed by atoms with Crippen molar-refractivity contribution in [1.29, 1.82) is 0 Å². The van der Waals surface area contributed by atoms with Crippen LogP contribution < -0.4 is 0 Å². The molecule has 0 saturated carbocycles. The fourth-order valence-electron chi connectivity index (χ4n) is 1.96. The Balaban J connectivity index is 2.19. The lowest BCUT2D eigenvalue weighted by atomic mass is 10.2. The monoisotopic (exact) mass is 244 g/mol. The molecule has 0 N–H and O–H groups in total. The molecule has 0 aliphatic rings. The highest BCUT2D eigenvalue weighted by Gasteiger charge is 2.16. The number of hydrogen-bond donors (Lipinski definition) is 0. The summed E-state index contributed by atoms with van der Waals surface area (Å²) in [6.07, 6.45) is 5.10. The average molecular weight is 244 g/mol. The number of rotatable bonds is 3. The molecule has 0 atom stereocenters. The van der Waals surface area contributed by atoms with Gasteiger partial charge in [0.2, 0.25) is 0 Å². The summed E-state index contributed by atoms with van der Waals surface area (Å²) in [4.78, 5) is 8.67. The molecule has 0 spiro atoms. The normalized spacial score (nSPS) is 11.2. The zero-order valence-electron chi connectivity index (χ0n) is 10.1. The molecule has 0 radical (unpaired) electrons. The minimum absolute atomic E-state index is 0.396. The first-order valence-corrected chi connectivity index (χ1v) is 5.50. The van der Waals surface area contributed by atoms with E-state index in [9.17, 15) is 0 Å². The number of nitrogens with zero attached hydrogens (tertiary/aromatic N) is 4. The summed E-state index contributed by atoms with van der Waals surface area (Å²) in [5.41, 5.74) is 3.45. The number of ether oxygens (including phenoxy) is 1. The van der Waals surface area contributed by atoms with E-state index in [0.29, 0.717) is 6.61 Å². The number of imidazole rings is 1. The van der Waals surface area contributed by atoms with E-state index in [2.05, 4.69) is 15.1 Å². The van der Waals surface area contributed by atoms with Crippen molar-refractivity contribution in [1.82, 2.24) is 19.7 Å². The van der Waals surface area contributed by atoms with Crippen LogP contribution in [-0.4, -0.2) is 26.8 Å². The molecule has 0 aliphatic heterocycles. The molecule has 0 aromatic carbocycles. The third kappa shape index (κ3) is 1.58. The average Bonchev–Trinajstić information content (AvgIpc) is 2.96. The maximum Gasteiger partial charge on any atom is 0.146 e. The van der Waals surface area contributed by atoms with E-state index in [1.807, 2.05) is 17.7 Å². The molecule has 3 aromatic rings. The van der Waals surface area contributed by atoms with Crippen molar-refractivity contribution in [3.63, 3.8) is 0 Å². The molecule has 3 aromatic heterocycles. The zero-order valence-corrected chi connectivity index (χ0v) is 10.1. The quantitative estimate of drug-likeness (QED) is 0.702. The molecule has 0 unspecified atom stereocenters. The van der Waals surface area contributed by atoms with Gasteiger partial charge in [-0.15, -0.1) is 0 Å². The smallest absolute Gasteiger partial charge is 0.146 e. The number of aromatic nitrogens is 4. The van der Waals surface area contributed by atoms with Gasteiger partial charge in [0, 0.05) is 20.4 Å². The van der Waals surface area contributed by atoms with Crippen LogP contribution in [0.4, 0.5) is 0 Å². The summed E-state index contributed by atoms with van der Waals surface area (Å²) in [6, 6.07) is 1.88. The van der Waals surface area contributed by atoms with Crippen molar-refractivity contribution in [2.24, 2.45) is 7.05 Å². The van der Waals surface area contributed by atoms with Gasteiger partial charge in [0.15, 0.2) is 0 Å². The lowest BCUT2D eigenvalue weighted by Gasteiger charge is -2.01. The first-order chi connectivity index (χ1) is 8.81. The highest BCUT2D eigenvalue weighted by Crippen LogP contribution is 2.25. The number of hydrogen-bond acceptors (Lipinski definition) is 5. The van der Waals surface area contributed by atoms with Crippen molar-refractivity contribution in [2.45, 2.75) is 6.61 Å². The Bertz CT molecular complexity index is 686. The lowest BCUT2D eigenvalue weighted by molar-refractivity contribution is 0.177. The van der Waals surface area contributed by atoms with E-state index in [0.717, 1.165) is 28.1 Å². The Morgan fingerprint density at radius 2 is 2.33 bits per heavy atom. The first-order valence-electron chi connectivity index (χ1n) is 5.50. The Kier molecular flexibility index (Phi) is 2.56. The number of aryl methyl sites for hydroxylation is 1. The molecule has 0 aliphatic carbocycles. The molecule has 92 valence electrons.